The number of hydrogen-bond donors (Lipinski definition) is 2. The van der Waals surface area contributed by atoms with Crippen LogP contribution in [-0.4, -0.2) is 16.8 Å². The van der Waals surface area contributed by atoms with Crippen molar-refractivity contribution in [3.63, 3.8) is 0 Å². The van der Waals surface area contributed by atoms with Crippen LogP contribution in [0.5, 0.6) is 0 Å². The molecule has 0 saturated heterocycles. The number of nitrogens with zero attached hydrogens (tertiary/aromatic N) is 1. The van der Waals surface area contributed by atoms with E-state index >= 15 is 0 Å². The molecule has 2 N–H and O–H groups in total. The zero-order valence-corrected chi connectivity index (χ0v) is 18.2. The van der Waals surface area contributed by atoms with Crippen LogP contribution in [0.25, 0.3) is 22.0 Å². The quantitative estimate of drug-likeness (QED) is 0.330. The highest BCUT2D eigenvalue weighted by atomic mass is 16.2. The van der Waals surface area contributed by atoms with E-state index in [9.17, 15) is 9.59 Å². The maximum absolute atomic E-state index is 12.8. The van der Waals surface area contributed by atoms with Crippen LogP contribution in [0.15, 0.2) is 115 Å². The van der Waals surface area contributed by atoms with Crippen LogP contribution in [0.3, 0.4) is 0 Å². The Labute approximate surface area is 197 Å². The lowest BCUT2D eigenvalue weighted by Gasteiger charge is -2.09. The summed E-state index contributed by atoms with van der Waals surface area (Å²) in [4.78, 5) is 29.8. The predicted octanol–water partition coefficient (Wildman–Crippen LogP) is 6.41. The number of rotatable bonds is 5. The summed E-state index contributed by atoms with van der Waals surface area (Å²) in [5.41, 5.74) is 4.17. The monoisotopic (exact) mass is 443 g/mol. The highest BCUT2D eigenvalue weighted by Crippen LogP contribution is 2.22. The summed E-state index contributed by atoms with van der Waals surface area (Å²) in [5, 5.41) is 7.72. The molecule has 0 aliphatic carbocycles. The van der Waals surface area contributed by atoms with Crippen molar-refractivity contribution in [2.75, 3.05) is 10.6 Å². The van der Waals surface area contributed by atoms with Gasteiger partial charge in [0, 0.05) is 22.4 Å². The summed E-state index contributed by atoms with van der Waals surface area (Å²) in [6.07, 6.45) is 1.63. The molecule has 0 fully saturated rings. The number of aromatic nitrogens is 1. The molecule has 0 unspecified atom stereocenters. The fraction of sp³-hybridized carbons (Fsp3) is 0. The van der Waals surface area contributed by atoms with Gasteiger partial charge in [0.05, 0.1) is 17.6 Å². The number of para-hydroxylation sites is 1. The smallest absolute Gasteiger partial charge is 0.256 e. The third-order valence-corrected chi connectivity index (χ3v) is 5.53. The van der Waals surface area contributed by atoms with Crippen molar-refractivity contribution < 1.29 is 9.59 Å². The summed E-state index contributed by atoms with van der Waals surface area (Å²) in [6.45, 7) is 0. The standard InChI is InChI=1S/C29H21N3O2/c33-28(31-23-9-2-1-3-10-23)22-15-13-21(14-16-22)27-18-17-24(19-30-27)32-29(34)26-12-6-8-20-7-4-5-11-25(20)26/h1-19H,(H,31,33)(H,32,34). The Morgan fingerprint density at radius 2 is 1.29 bits per heavy atom. The van der Waals surface area contributed by atoms with E-state index < -0.39 is 0 Å². The third-order valence-electron chi connectivity index (χ3n) is 5.53. The lowest BCUT2D eigenvalue weighted by molar-refractivity contribution is 0.101. The number of fused-ring (bicyclic) bond motifs is 1. The van der Waals surface area contributed by atoms with E-state index in [1.54, 1.807) is 18.3 Å². The first-order valence-electron chi connectivity index (χ1n) is 10.9. The van der Waals surface area contributed by atoms with E-state index in [0.29, 0.717) is 16.8 Å². The van der Waals surface area contributed by atoms with Gasteiger partial charge in [-0.15, -0.1) is 0 Å². The van der Waals surface area contributed by atoms with E-state index in [0.717, 1.165) is 27.7 Å². The average molecular weight is 444 g/mol. The number of nitrogens with one attached hydrogen (secondary N) is 2. The maximum Gasteiger partial charge on any atom is 0.256 e. The van der Waals surface area contributed by atoms with Crippen molar-refractivity contribution in [3.05, 3.63) is 127 Å². The Morgan fingerprint density at radius 3 is 2.06 bits per heavy atom. The number of amides is 2. The largest absolute Gasteiger partial charge is 0.322 e. The van der Waals surface area contributed by atoms with Gasteiger partial charge < -0.3 is 10.6 Å². The fourth-order valence-corrected chi connectivity index (χ4v) is 3.78. The van der Waals surface area contributed by atoms with Crippen LogP contribution in [0.4, 0.5) is 11.4 Å². The minimum absolute atomic E-state index is 0.169. The molecule has 0 spiro atoms. The highest BCUT2D eigenvalue weighted by Gasteiger charge is 2.11. The van der Waals surface area contributed by atoms with Gasteiger partial charge in [0.2, 0.25) is 0 Å². The number of benzene rings is 4. The molecule has 0 radical (unpaired) electrons. The van der Waals surface area contributed by atoms with E-state index in [2.05, 4.69) is 15.6 Å². The van der Waals surface area contributed by atoms with E-state index in [-0.39, 0.29) is 11.8 Å². The number of anilines is 2. The zero-order chi connectivity index (χ0) is 23.3. The molecule has 5 aromatic rings. The molecular formula is C29H21N3O2. The van der Waals surface area contributed by atoms with Gasteiger partial charge >= 0.3 is 0 Å². The van der Waals surface area contributed by atoms with Gasteiger partial charge in [-0.2, -0.15) is 0 Å². The predicted molar refractivity (Wildman–Crippen MR) is 136 cm³/mol. The Kier molecular flexibility index (Phi) is 5.82. The highest BCUT2D eigenvalue weighted by molar-refractivity contribution is 6.12. The molecule has 0 aliphatic rings. The minimum Gasteiger partial charge on any atom is -0.322 e. The SMILES string of the molecule is O=C(Nc1ccccc1)c1ccc(-c2ccc(NC(=O)c3cccc4ccccc34)cn2)cc1. The summed E-state index contributed by atoms with van der Waals surface area (Å²) >= 11 is 0. The van der Waals surface area contributed by atoms with Crippen molar-refractivity contribution in [3.8, 4) is 11.3 Å². The summed E-state index contributed by atoms with van der Waals surface area (Å²) in [5.74, 6) is -0.350. The average Bonchev–Trinajstić information content (AvgIpc) is 2.89. The van der Waals surface area contributed by atoms with Crippen LogP contribution in [0.2, 0.25) is 0 Å². The summed E-state index contributed by atoms with van der Waals surface area (Å²) in [6, 6.07) is 33.7. The maximum atomic E-state index is 12.8. The molecule has 164 valence electrons. The number of hydrogen-bond acceptors (Lipinski definition) is 3. The molecule has 0 bridgehead atoms. The van der Waals surface area contributed by atoms with E-state index in [1.807, 2.05) is 97.1 Å². The lowest BCUT2D eigenvalue weighted by atomic mass is 10.0. The van der Waals surface area contributed by atoms with Crippen LogP contribution in [0.1, 0.15) is 20.7 Å². The molecule has 1 aromatic heterocycles. The zero-order valence-electron chi connectivity index (χ0n) is 18.2. The second-order valence-electron chi connectivity index (χ2n) is 7.81. The van der Waals surface area contributed by atoms with Gasteiger partial charge in [0.25, 0.3) is 11.8 Å². The van der Waals surface area contributed by atoms with Gasteiger partial charge in [-0.25, -0.2) is 0 Å². The lowest BCUT2D eigenvalue weighted by Crippen LogP contribution is -2.12. The van der Waals surface area contributed by atoms with Crippen molar-refractivity contribution in [1.82, 2.24) is 4.98 Å². The Balaban J connectivity index is 1.27. The number of pyridine rings is 1. The Hall–Kier alpha value is -4.77. The van der Waals surface area contributed by atoms with Crippen LogP contribution in [-0.2, 0) is 0 Å². The molecule has 2 amide bonds. The first-order valence-corrected chi connectivity index (χ1v) is 10.9. The van der Waals surface area contributed by atoms with Crippen molar-refractivity contribution >= 4 is 34.0 Å². The first kappa shape index (κ1) is 21.1. The number of carbonyl (C=O) groups excluding carboxylic acids is 2. The van der Waals surface area contributed by atoms with Gasteiger partial charge in [-0.05, 0) is 53.2 Å². The molecule has 4 aromatic carbocycles. The van der Waals surface area contributed by atoms with Crippen molar-refractivity contribution in [2.45, 2.75) is 0 Å². The van der Waals surface area contributed by atoms with Crippen LogP contribution < -0.4 is 10.6 Å². The van der Waals surface area contributed by atoms with Gasteiger partial charge in [0.1, 0.15) is 0 Å². The van der Waals surface area contributed by atoms with Crippen molar-refractivity contribution in [2.24, 2.45) is 0 Å². The molecule has 5 heteroatoms. The fourth-order valence-electron chi connectivity index (χ4n) is 3.78. The Bertz CT molecular complexity index is 1460. The molecule has 34 heavy (non-hydrogen) atoms. The minimum atomic E-state index is -0.180. The Morgan fingerprint density at radius 1 is 0.588 bits per heavy atom. The molecule has 0 aliphatic heterocycles. The van der Waals surface area contributed by atoms with Crippen LogP contribution >= 0.6 is 0 Å². The molecule has 5 rings (SSSR count). The number of carbonyl (C=O) groups is 2. The summed E-state index contributed by atoms with van der Waals surface area (Å²) < 4.78 is 0. The third kappa shape index (κ3) is 4.54. The van der Waals surface area contributed by atoms with Gasteiger partial charge in [0.15, 0.2) is 0 Å². The molecule has 0 atom stereocenters. The van der Waals surface area contributed by atoms with Crippen molar-refractivity contribution in [1.29, 1.82) is 0 Å². The van der Waals surface area contributed by atoms with E-state index in [4.69, 9.17) is 0 Å². The molecule has 5 nitrogen and oxygen atoms in total. The van der Waals surface area contributed by atoms with Gasteiger partial charge in [-0.3, -0.25) is 14.6 Å². The topological polar surface area (TPSA) is 71.1 Å². The second kappa shape index (κ2) is 9.38. The van der Waals surface area contributed by atoms with Crippen LogP contribution in [0, 0.1) is 0 Å². The molecule has 0 saturated carbocycles. The first-order chi connectivity index (χ1) is 16.7. The normalized spacial score (nSPS) is 10.6. The van der Waals surface area contributed by atoms with Gasteiger partial charge in [-0.1, -0.05) is 66.7 Å². The second-order valence-corrected chi connectivity index (χ2v) is 7.81. The molecule has 1 heterocycles. The molecular weight excluding hydrogens is 422 g/mol. The van der Waals surface area contributed by atoms with E-state index in [1.165, 1.54) is 0 Å². The summed E-state index contributed by atoms with van der Waals surface area (Å²) in [7, 11) is 0.